The second kappa shape index (κ2) is 7.21. The summed E-state index contributed by atoms with van der Waals surface area (Å²) in [5.41, 5.74) is 6.55. The summed E-state index contributed by atoms with van der Waals surface area (Å²) in [6, 6.07) is 4.29. The van der Waals surface area contributed by atoms with Crippen LogP contribution in [0.1, 0.15) is 11.6 Å². The summed E-state index contributed by atoms with van der Waals surface area (Å²) in [6.07, 6.45) is 0. The summed E-state index contributed by atoms with van der Waals surface area (Å²) in [5.74, 6) is -0.210. The van der Waals surface area contributed by atoms with Gasteiger partial charge in [-0.2, -0.15) is 0 Å². The smallest absolute Gasteiger partial charge is 0.165 e. The molecule has 0 aliphatic heterocycles. The van der Waals surface area contributed by atoms with Gasteiger partial charge < -0.3 is 19.9 Å². The minimum absolute atomic E-state index is 0.209. The van der Waals surface area contributed by atoms with Crippen LogP contribution in [0.2, 0.25) is 0 Å². The van der Waals surface area contributed by atoms with Crippen molar-refractivity contribution in [2.75, 3.05) is 34.0 Å². The molecule has 1 aromatic rings. The maximum Gasteiger partial charge on any atom is 0.165 e. The van der Waals surface area contributed by atoms with Crippen LogP contribution in [0.25, 0.3) is 0 Å². The maximum atomic E-state index is 13.4. The lowest BCUT2D eigenvalue weighted by atomic mass is 10.1. The summed E-state index contributed by atoms with van der Waals surface area (Å²) in [7, 11) is 3.02. The first-order valence-corrected chi connectivity index (χ1v) is 5.34. The van der Waals surface area contributed by atoms with Crippen LogP contribution in [0.5, 0.6) is 5.75 Å². The van der Waals surface area contributed by atoms with Crippen molar-refractivity contribution in [2.45, 2.75) is 6.04 Å². The number of hydrogen-bond donors (Lipinski definition) is 1. The number of methoxy groups -OCH3 is 2. The van der Waals surface area contributed by atoms with Crippen LogP contribution >= 0.6 is 0 Å². The molecule has 1 atom stereocenters. The van der Waals surface area contributed by atoms with Gasteiger partial charge in [0.15, 0.2) is 11.6 Å². The molecule has 0 aliphatic rings. The zero-order valence-corrected chi connectivity index (χ0v) is 10.1. The normalized spacial score (nSPS) is 12.5. The van der Waals surface area contributed by atoms with Crippen molar-refractivity contribution < 1.29 is 18.6 Å². The molecule has 1 rings (SSSR count). The van der Waals surface area contributed by atoms with E-state index in [1.807, 2.05) is 0 Å². The van der Waals surface area contributed by atoms with Crippen LogP contribution in [-0.4, -0.2) is 34.0 Å². The van der Waals surface area contributed by atoms with Gasteiger partial charge >= 0.3 is 0 Å². The van der Waals surface area contributed by atoms with Crippen LogP contribution in [0.15, 0.2) is 18.2 Å². The van der Waals surface area contributed by atoms with Crippen molar-refractivity contribution in [1.29, 1.82) is 0 Å². The monoisotopic (exact) mass is 243 g/mol. The van der Waals surface area contributed by atoms with Gasteiger partial charge in [-0.3, -0.25) is 0 Å². The number of hydrogen-bond acceptors (Lipinski definition) is 4. The van der Waals surface area contributed by atoms with E-state index in [1.165, 1.54) is 13.2 Å². The average Bonchev–Trinajstić information content (AvgIpc) is 2.34. The Morgan fingerprint density at radius 3 is 2.65 bits per heavy atom. The summed E-state index contributed by atoms with van der Waals surface area (Å²) in [6.45, 7) is 1.32. The second-order valence-electron chi connectivity index (χ2n) is 3.57. The Labute approximate surface area is 100 Å². The van der Waals surface area contributed by atoms with Gasteiger partial charge in [-0.15, -0.1) is 0 Å². The molecule has 1 unspecified atom stereocenters. The molecule has 4 nitrogen and oxygen atoms in total. The summed E-state index contributed by atoms with van der Waals surface area (Å²) < 4.78 is 28.4. The third-order valence-corrected chi connectivity index (χ3v) is 2.33. The highest BCUT2D eigenvalue weighted by molar-refractivity contribution is 5.30. The Balaban J connectivity index is 2.51. The number of ether oxygens (including phenoxy) is 3. The van der Waals surface area contributed by atoms with Crippen molar-refractivity contribution in [2.24, 2.45) is 5.73 Å². The molecule has 0 saturated heterocycles. The predicted molar refractivity (Wildman–Crippen MR) is 62.6 cm³/mol. The minimum Gasteiger partial charge on any atom is -0.494 e. The van der Waals surface area contributed by atoms with E-state index in [1.54, 1.807) is 19.2 Å². The zero-order chi connectivity index (χ0) is 12.7. The number of rotatable bonds is 7. The van der Waals surface area contributed by atoms with E-state index < -0.39 is 5.82 Å². The largest absolute Gasteiger partial charge is 0.494 e. The fourth-order valence-electron chi connectivity index (χ4n) is 1.36. The number of nitrogens with two attached hydrogens (primary N) is 1. The third kappa shape index (κ3) is 4.30. The first-order chi connectivity index (χ1) is 8.19. The molecule has 0 spiro atoms. The highest BCUT2D eigenvalue weighted by Crippen LogP contribution is 2.20. The molecule has 17 heavy (non-hydrogen) atoms. The van der Waals surface area contributed by atoms with E-state index in [4.69, 9.17) is 19.9 Å². The Hall–Kier alpha value is -1.17. The van der Waals surface area contributed by atoms with E-state index in [-0.39, 0.29) is 11.8 Å². The highest BCUT2D eigenvalue weighted by atomic mass is 19.1. The standard InChI is InChI=1S/C12H18FNO3/c1-15-5-6-17-8-11(14)9-3-4-12(16-2)10(13)7-9/h3-4,7,11H,5-6,8,14H2,1-2H3. The Morgan fingerprint density at radius 2 is 2.06 bits per heavy atom. The summed E-state index contributed by atoms with van der Waals surface area (Å²) in [5, 5.41) is 0. The molecule has 5 heteroatoms. The van der Waals surface area contributed by atoms with Gasteiger partial charge in [0.1, 0.15) is 0 Å². The topological polar surface area (TPSA) is 53.7 Å². The Kier molecular flexibility index (Phi) is 5.90. The van der Waals surface area contributed by atoms with Gasteiger partial charge in [-0.25, -0.2) is 4.39 Å². The van der Waals surface area contributed by atoms with Gasteiger partial charge in [0.2, 0.25) is 0 Å². The van der Waals surface area contributed by atoms with Crippen LogP contribution in [-0.2, 0) is 9.47 Å². The molecular formula is C12H18FNO3. The van der Waals surface area contributed by atoms with Crippen molar-refractivity contribution in [3.63, 3.8) is 0 Å². The van der Waals surface area contributed by atoms with Crippen LogP contribution < -0.4 is 10.5 Å². The molecule has 0 radical (unpaired) electrons. The first kappa shape index (κ1) is 13.9. The van der Waals surface area contributed by atoms with Gasteiger partial charge in [0.05, 0.1) is 33.0 Å². The highest BCUT2D eigenvalue weighted by Gasteiger charge is 2.10. The van der Waals surface area contributed by atoms with E-state index in [0.717, 1.165) is 0 Å². The molecule has 0 heterocycles. The van der Waals surface area contributed by atoms with Gasteiger partial charge in [0, 0.05) is 7.11 Å². The van der Waals surface area contributed by atoms with Crippen LogP contribution in [0.4, 0.5) is 4.39 Å². The van der Waals surface area contributed by atoms with Crippen molar-refractivity contribution in [3.8, 4) is 5.75 Å². The molecule has 2 N–H and O–H groups in total. The van der Waals surface area contributed by atoms with Gasteiger partial charge in [0.25, 0.3) is 0 Å². The van der Waals surface area contributed by atoms with Crippen LogP contribution in [0.3, 0.4) is 0 Å². The molecule has 0 amide bonds. The maximum absolute atomic E-state index is 13.4. The summed E-state index contributed by atoms with van der Waals surface area (Å²) >= 11 is 0. The molecular weight excluding hydrogens is 225 g/mol. The second-order valence-corrected chi connectivity index (χ2v) is 3.57. The third-order valence-electron chi connectivity index (χ3n) is 2.33. The minimum atomic E-state index is -0.419. The number of halogens is 1. The fourth-order valence-corrected chi connectivity index (χ4v) is 1.36. The van der Waals surface area contributed by atoms with E-state index in [9.17, 15) is 4.39 Å². The van der Waals surface area contributed by atoms with E-state index in [2.05, 4.69) is 0 Å². The average molecular weight is 243 g/mol. The molecule has 0 aliphatic carbocycles. The van der Waals surface area contributed by atoms with Gasteiger partial charge in [-0.05, 0) is 17.7 Å². The lowest BCUT2D eigenvalue weighted by Gasteiger charge is -2.13. The molecule has 0 saturated carbocycles. The van der Waals surface area contributed by atoms with Crippen LogP contribution in [0, 0.1) is 5.82 Å². The van der Waals surface area contributed by atoms with Crippen molar-refractivity contribution in [1.82, 2.24) is 0 Å². The van der Waals surface area contributed by atoms with E-state index >= 15 is 0 Å². The molecule has 96 valence electrons. The molecule has 0 fully saturated rings. The quantitative estimate of drug-likeness (QED) is 0.737. The lowest BCUT2D eigenvalue weighted by molar-refractivity contribution is 0.0635. The van der Waals surface area contributed by atoms with E-state index in [0.29, 0.717) is 25.4 Å². The molecule has 0 bridgehead atoms. The fraction of sp³-hybridized carbons (Fsp3) is 0.500. The number of benzene rings is 1. The molecule has 0 aromatic heterocycles. The molecule has 1 aromatic carbocycles. The lowest BCUT2D eigenvalue weighted by Crippen LogP contribution is -2.18. The van der Waals surface area contributed by atoms with Crippen molar-refractivity contribution >= 4 is 0 Å². The summed E-state index contributed by atoms with van der Waals surface area (Å²) in [4.78, 5) is 0. The Morgan fingerprint density at radius 1 is 1.29 bits per heavy atom. The van der Waals surface area contributed by atoms with Gasteiger partial charge in [-0.1, -0.05) is 6.07 Å². The zero-order valence-electron chi connectivity index (χ0n) is 10.1. The Bertz CT molecular complexity index is 347. The predicted octanol–water partition coefficient (Wildman–Crippen LogP) is 1.50. The van der Waals surface area contributed by atoms with Crippen molar-refractivity contribution in [3.05, 3.63) is 29.6 Å². The SMILES string of the molecule is COCCOCC(N)c1ccc(OC)c(F)c1. The first-order valence-electron chi connectivity index (χ1n) is 5.34.